The van der Waals surface area contributed by atoms with E-state index >= 15 is 0 Å². The number of nitrogens with one attached hydrogen (secondary N) is 1. The second-order valence-electron chi connectivity index (χ2n) is 4.76. The zero-order valence-electron chi connectivity index (χ0n) is 10.9. The first kappa shape index (κ1) is 12.8. The Hall–Kier alpha value is -0.610. The Balaban J connectivity index is 2.10. The highest BCUT2D eigenvalue weighted by Gasteiger charge is 2.21. The maximum absolute atomic E-state index is 4.75. The summed E-state index contributed by atoms with van der Waals surface area (Å²) in [5.41, 5.74) is 1.17. The zero-order chi connectivity index (χ0) is 12.1. The van der Waals surface area contributed by atoms with Crippen LogP contribution in [0.3, 0.4) is 0 Å². The van der Waals surface area contributed by atoms with Gasteiger partial charge in [-0.2, -0.15) is 0 Å². The first-order valence-electron chi connectivity index (χ1n) is 6.70. The van der Waals surface area contributed by atoms with Gasteiger partial charge in [0.05, 0.1) is 5.69 Å². The first-order valence-corrected chi connectivity index (χ1v) is 7.58. The van der Waals surface area contributed by atoms with Crippen molar-refractivity contribution >= 4 is 16.5 Å². The van der Waals surface area contributed by atoms with Crippen molar-refractivity contribution in [3.8, 4) is 0 Å². The lowest BCUT2D eigenvalue weighted by atomic mass is 10.1. The van der Waals surface area contributed by atoms with Gasteiger partial charge in [0.2, 0.25) is 0 Å². The van der Waals surface area contributed by atoms with E-state index in [0.29, 0.717) is 6.04 Å². The molecule has 0 saturated carbocycles. The fourth-order valence-electron chi connectivity index (χ4n) is 2.54. The molecule has 0 aromatic carbocycles. The van der Waals surface area contributed by atoms with Crippen molar-refractivity contribution in [1.82, 2.24) is 10.3 Å². The molecule has 0 aliphatic carbocycles. The van der Waals surface area contributed by atoms with Gasteiger partial charge in [-0.3, -0.25) is 0 Å². The largest absolute Gasteiger partial charge is 0.345 e. The predicted molar refractivity (Wildman–Crippen MR) is 74.8 cm³/mol. The van der Waals surface area contributed by atoms with Crippen LogP contribution >= 0.6 is 11.3 Å². The fourth-order valence-corrected chi connectivity index (χ4v) is 3.47. The lowest BCUT2D eigenvalue weighted by Gasteiger charge is -2.28. The summed E-state index contributed by atoms with van der Waals surface area (Å²) in [4.78, 5) is 7.28. The lowest BCUT2D eigenvalue weighted by molar-refractivity contribution is 0.555. The molecule has 0 amide bonds. The number of thiazole rings is 1. The topological polar surface area (TPSA) is 28.2 Å². The van der Waals surface area contributed by atoms with Crippen LogP contribution in [0.15, 0.2) is 5.38 Å². The molecule has 4 heteroatoms. The molecule has 1 unspecified atom stereocenters. The molecule has 1 fully saturated rings. The van der Waals surface area contributed by atoms with Crippen molar-refractivity contribution in [2.24, 2.45) is 0 Å². The van der Waals surface area contributed by atoms with E-state index in [4.69, 9.17) is 4.98 Å². The summed E-state index contributed by atoms with van der Waals surface area (Å²) in [7, 11) is 1.97. The van der Waals surface area contributed by atoms with Crippen LogP contribution in [0.2, 0.25) is 0 Å². The molecular weight excluding hydrogens is 230 g/mol. The quantitative estimate of drug-likeness (QED) is 0.894. The molecule has 1 aromatic rings. The molecule has 1 saturated heterocycles. The van der Waals surface area contributed by atoms with Crippen LogP contribution in [0.5, 0.6) is 0 Å². The number of hydrogen-bond donors (Lipinski definition) is 1. The molecule has 0 bridgehead atoms. The Morgan fingerprint density at radius 2 is 2.35 bits per heavy atom. The van der Waals surface area contributed by atoms with E-state index in [1.54, 1.807) is 11.3 Å². The second kappa shape index (κ2) is 6.36. The lowest BCUT2D eigenvalue weighted by Crippen LogP contribution is -2.34. The third kappa shape index (κ3) is 3.19. The van der Waals surface area contributed by atoms with Gasteiger partial charge in [0.25, 0.3) is 0 Å². The molecule has 1 N–H and O–H groups in total. The molecule has 96 valence electrons. The first-order chi connectivity index (χ1) is 8.35. The summed E-state index contributed by atoms with van der Waals surface area (Å²) in [6.45, 7) is 4.36. The SMILES string of the molecule is CCC1CCCCCN1c1nc(CNC)cs1. The molecule has 17 heavy (non-hydrogen) atoms. The normalized spacial score (nSPS) is 21.5. The smallest absolute Gasteiger partial charge is 0.185 e. The Kier molecular flexibility index (Phi) is 4.80. The van der Waals surface area contributed by atoms with Crippen molar-refractivity contribution in [2.45, 2.75) is 51.6 Å². The van der Waals surface area contributed by atoms with Crippen LogP contribution < -0.4 is 10.2 Å². The average molecular weight is 253 g/mol. The van der Waals surface area contributed by atoms with Crippen molar-refractivity contribution in [3.63, 3.8) is 0 Å². The van der Waals surface area contributed by atoms with E-state index in [-0.39, 0.29) is 0 Å². The zero-order valence-corrected chi connectivity index (χ0v) is 11.7. The third-order valence-electron chi connectivity index (χ3n) is 3.49. The third-order valence-corrected chi connectivity index (χ3v) is 4.42. The highest BCUT2D eigenvalue weighted by atomic mass is 32.1. The van der Waals surface area contributed by atoms with Gasteiger partial charge in [-0.1, -0.05) is 19.8 Å². The van der Waals surface area contributed by atoms with Gasteiger partial charge in [-0.15, -0.1) is 11.3 Å². The highest BCUT2D eigenvalue weighted by Crippen LogP contribution is 2.28. The minimum atomic E-state index is 0.700. The Labute approximate surface area is 108 Å². The number of rotatable bonds is 4. The van der Waals surface area contributed by atoms with E-state index in [9.17, 15) is 0 Å². The van der Waals surface area contributed by atoms with E-state index in [0.717, 1.165) is 6.54 Å². The molecule has 1 aromatic heterocycles. The summed E-state index contributed by atoms with van der Waals surface area (Å²) < 4.78 is 0. The molecule has 0 spiro atoms. The molecule has 1 atom stereocenters. The summed E-state index contributed by atoms with van der Waals surface area (Å²) in [5, 5.41) is 6.57. The van der Waals surface area contributed by atoms with Crippen LogP contribution in [0, 0.1) is 0 Å². The summed E-state index contributed by atoms with van der Waals surface area (Å²) >= 11 is 1.80. The van der Waals surface area contributed by atoms with Crippen LogP contribution in [0.25, 0.3) is 0 Å². The molecular formula is C13H23N3S. The van der Waals surface area contributed by atoms with Crippen LogP contribution in [-0.2, 0) is 6.54 Å². The highest BCUT2D eigenvalue weighted by molar-refractivity contribution is 7.13. The minimum absolute atomic E-state index is 0.700. The predicted octanol–water partition coefficient (Wildman–Crippen LogP) is 3.02. The molecule has 0 radical (unpaired) electrons. The van der Waals surface area contributed by atoms with Gasteiger partial charge in [0.1, 0.15) is 0 Å². The van der Waals surface area contributed by atoms with Gasteiger partial charge in [-0.05, 0) is 26.3 Å². The van der Waals surface area contributed by atoms with E-state index < -0.39 is 0 Å². The van der Waals surface area contributed by atoms with Crippen molar-refractivity contribution < 1.29 is 0 Å². The van der Waals surface area contributed by atoms with Gasteiger partial charge < -0.3 is 10.2 Å². The fraction of sp³-hybridized carbons (Fsp3) is 0.769. The Bertz CT molecular complexity index is 337. The van der Waals surface area contributed by atoms with Crippen molar-refractivity contribution in [1.29, 1.82) is 0 Å². The standard InChI is InChI=1S/C13H23N3S/c1-3-12-7-5-4-6-8-16(12)13-15-11(9-14-2)10-17-13/h10,12,14H,3-9H2,1-2H3. The minimum Gasteiger partial charge on any atom is -0.345 e. The van der Waals surface area contributed by atoms with Crippen molar-refractivity contribution in [3.05, 3.63) is 11.1 Å². The maximum atomic E-state index is 4.75. The molecule has 2 rings (SSSR count). The van der Waals surface area contributed by atoms with Crippen LogP contribution in [0.4, 0.5) is 5.13 Å². The average Bonchev–Trinajstić information content (AvgIpc) is 2.66. The molecule has 2 heterocycles. The monoisotopic (exact) mass is 253 g/mol. The number of nitrogens with zero attached hydrogens (tertiary/aromatic N) is 2. The number of anilines is 1. The van der Waals surface area contributed by atoms with E-state index in [1.807, 2.05) is 7.05 Å². The van der Waals surface area contributed by atoms with Gasteiger partial charge >= 0.3 is 0 Å². The van der Waals surface area contributed by atoms with E-state index in [1.165, 1.54) is 49.5 Å². The Morgan fingerprint density at radius 1 is 1.47 bits per heavy atom. The van der Waals surface area contributed by atoms with Gasteiger partial charge in [0, 0.05) is 24.5 Å². The Morgan fingerprint density at radius 3 is 3.12 bits per heavy atom. The summed E-state index contributed by atoms with van der Waals surface area (Å²) in [5.74, 6) is 0. The van der Waals surface area contributed by atoms with Gasteiger partial charge in [0.15, 0.2) is 5.13 Å². The van der Waals surface area contributed by atoms with Crippen LogP contribution in [0.1, 0.15) is 44.7 Å². The van der Waals surface area contributed by atoms with E-state index in [2.05, 4.69) is 22.5 Å². The summed E-state index contributed by atoms with van der Waals surface area (Å²) in [6.07, 6.45) is 6.64. The number of hydrogen-bond acceptors (Lipinski definition) is 4. The number of aromatic nitrogens is 1. The molecule has 1 aliphatic heterocycles. The maximum Gasteiger partial charge on any atom is 0.185 e. The molecule has 1 aliphatic rings. The summed E-state index contributed by atoms with van der Waals surface area (Å²) in [6, 6.07) is 0.700. The van der Waals surface area contributed by atoms with Crippen LogP contribution in [-0.4, -0.2) is 24.6 Å². The van der Waals surface area contributed by atoms with Gasteiger partial charge in [-0.25, -0.2) is 4.98 Å². The molecule has 3 nitrogen and oxygen atoms in total. The van der Waals surface area contributed by atoms with Crippen molar-refractivity contribution in [2.75, 3.05) is 18.5 Å². The second-order valence-corrected chi connectivity index (χ2v) is 5.59.